The predicted octanol–water partition coefficient (Wildman–Crippen LogP) is 3.14. The fourth-order valence-electron chi connectivity index (χ4n) is 2.93. The van der Waals surface area contributed by atoms with Crippen LogP contribution in [0.5, 0.6) is 5.75 Å². The van der Waals surface area contributed by atoms with Crippen LogP contribution in [0.15, 0.2) is 30.5 Å². The molecule has 24 heavy (non-hydrogen) atoms. The average Bonchev–Trinajstić information content (AvgIpc) is 2.59. The minimum atomic E-state index is -0.423. The van der Waals surface area contributed by atoms with E-state index in [1.54, 1.807) is 13.3 Å². The van der Waals surface area contributed by atoms with Crippen LogP contribution in [0.25, 0.3) is 10.9 Å². The lowest BCUT2D eigenvalue weighted by molar-refractivity contribution is 0.121. The second-order valence-electron chi connectivity index (χ2n) is 6.09. The first kappa shape index (κ1) is 18.5. The molecule has 0 amide bonds. The van der Waals surface area contributed by atoms with Gasteiger partial charge in [-0.2, -0.15) is 0 Å². The van der Waals surface area contributed by atoms with Crippen molar-refractivity contribution in [2.24, 2.45) is 0 Å². The van der Waals surface area contributed by atoms with Crippen LogP contribution in [-0.2, 0) is 0 Å². The van der Waals surface area contributed by atoms with Crippen LogP contribution < -0.4 is 10.1 Å². The van der Waals surface area contributed by atoms with Gasteiger partial charge in [0.25, 0.3) is 0 Å². The maximum atomic E-state index is 10.4. The molecule has 2 rings (SSSR count). The number of benzene rings is 1. The Kier molecular flexibility index (Phi) is 7.28. The number of hydrogen-bond donors (Lipinski definition) is 2. The number of pyridine rings is 1. The van der Waals surface area contributed by atoms with Gasteiger partial charge in [-0.1, -0.05) is 19.9 Å². The first-order valence-electron chi connectivity index (χ1n) is 8.75. The summed E-state index contributed by atoms with van der Waals surface area (Å²) in [6.45, 7) is 7.55. The van der Waals surface area contributed by atoms with Gasteiger partial charge < -0.3 is 20.1 Å². The lowest BCUT2D eigenvalue weighted by atomic mass is 10.1. The summed E-state index contributed by atoms with van der Waals surface area (Å²) in [6, 6.07) is 7.82. The number of anilines is 1. The van der Waals surface area contributed by atoms with E-state index in [9.17, 15) is 5.11 Å². The standard InChI is InChI=1S/C19H29N3O2/c1-4-9-22(10-5-2)14-16(23)13-21-18-12-17(24-3)11-15-7-6-8-20-19(15)18/h6-8,11-12,16,21,23H,4-5,9-10,13-14H2,1-3H3. The molecule has 1 atom stereocenters. The van der Waals surface area contributed by atoms with Crippen molar-refractivity contribution in [3.63, 3.8) is 0 Å². The maximum absolute atomic E-state index is 10.4. The molecule has 5 nitrogen and oxygen atoms in total. The number of hydrogen-bond acceptors (Lipinski definition) is 5. The number of aromatic nitrogens is 1. The van der Waals surface area contributed by atoms with Gasteiger partial charge in [0.05, 0.1) is 24.4 Å². The van der Waals surface area contributed by atoms with Gasteiger partial charge in [-0.05, 0) is 38.1 Å². The van der Waals surface area contributed by atoms with Crippen molar-refractivity contribution >= 4 is 16.6 Å². The Hall–Kier alpha value is -1.85. The zero-order valence-electron chi connectivity index (χ0n) is 15.0. The van der Waals surface area contributed by atoms with Crippen LogP contribution in [0.1, 0.15) is 26.7 Å². The van der Waals surface area contributed by atoms with E-state index in [-0.39, 0.29) is 0 Å². The summed E-state index contributed by atoms with van der Waals surface area (Å²) in [5.41, 5.74) is 1.78. The van der Waals surface area contributed by atoms with E-state index < -0.39 is 6.10 Å². The van der Waals surface area contributed by atoms with Gasteiger partial charge in [0.15, 0.2) is 0 Å². The van der Waals surface area contributed by atoms with Gasteiger partial charge in [0.2, 0.25) is 0 Å². The molecule has 1 aromatic heterocycles. The molecule has 0 aliphatic heterocycles. The molecule has 0 aliphatic carbocycles. The number of nitrogens with zero attached hydrogens (tertiary/aromatic N) is 2. The van der Waals surface area contributed by atoms with Crippen molar-refractivity contribution < 1.29 is 9.84 Å². The fraction of sp³-hybridized carbons (Fsp3) is 0.526. The van der Waals surface area contributed by atoms with Gasteiger partial charge in [0, 0.05) is 30.7 Å². The summed E-state index contributed by atoms with van der Waals surface area (Å²) in [6.07, 6.45) is 3.56. The quantitative estimate of drug-likeness (QED) is 0.700. The number of aliphatic hydroxyl groups excluding tert-OH is 1. The van der Waals surface area contributed by atoms with E-state index in [4.69, 9.17) is 4.74 Å². The molecule has 1 aromatic carbocycles. The van der Waals surface area contributed by atoms with Crippen LogP contribution in [0.3, 0.4) is 0 Å². The van der Waals surface area contributed by atoms with Gasteiger partial charge >= 0.3 is 0 Å². The summed E-state index contributed by atoms with van der Waals surface area (Å²) in [5, 5.41) is 14.7. The third-order valence-electron chi connectivity index (χ3n) is 3.99. The molecular formula is C19H29N3O2. The summed E-state index contributed by atoms with van der Waals surface area (Å²) < 4.78 is 5.36. The Balaban J connectivity index is 2.04. The smallest absolute Gasteiger partial charge is 0.121 e. The molecule has 0 saturated carbocycles. The Bertz CT molecular complexity index is 627. The molecule has 0 fully saturated rings. The molecule has 5 heteroatoms. The third-order valence-corrected chi connectivity index (χ3v) is 3.99. The van der Waals surface area contributed by atoms with Crippen molar-refractivity contribution in [1.29, 1.82) is 0 Å². The van der Waals surface area contributed by atoms with Crippen LogP contribution in [0.2, 0.25) is 0 Å². The first-order valence-corrected chi connectivity index (χ1v) is 8.75. The zero-order valence-corrected chi connectivity index (χ0v) is 15.0. The summed E-state index contributed by atoms with van der Waals surface area (Å²) in [4.78, 5) is 6.76. The van der Waals surface area contributed by atoms with Gasteiger partial charge in [-0.25, -0.2) is 0 Å². The molecule has 1 heterocycles. The van der Waals surface area contributed by atoms with Crippen molar-refractivity contribution in [1.82, 2.24) is 9.88 Å². The first-order chi connectivity index (χ1) is 11.7. The average molecular weight is 331 g/mol. The Morgan fingerprint density at radius 2 is 2.00 bits per heavy atom. The topological polar surface area (TPSA) is 57.6 Å². The third kappa shape index (κ3) is 5.08. The molecule has 0 aliphatic rings. The maximum Gasteiger partial charge on any atom is 0.121 e. The second-order valence-corrected chi connectivity index (χ2v) is 6.09. The summed E-state index contributed by atoms with van der Waals surface area (Å²) in [7, 11) is 1.66. The Labute approximate surface area is 144 Å². The number of rotatable bonds is 10. The van der Waals surface area contributed by atoms with Crippen molar-refractivity contribution in [3.05, 3.63) is 30.5 Å². The normalized spacial score (nSPS) is 12.5. The number of fused-ring (bicyclic) bond motifs is 1. The minimum Gasteiger partial charge on any atom is -0.497 e. The van der Waals surface area contributed by atoms with Gasteiger partial charge in [0.1, 0.15) is 5.75 Å². The highest BCUT2D eigenvalue weighted by molar-refractivity contribution is 5.91. The van der Waals surface area contributed by atoms with Crippen LogP contribution >= 0.6 is 0 Å². The SMILES string of the molecule is CCCN(CCC)CC(O)CNc1cc(OC)cc2cccnc12. The number of methoxy groups -OCH3 is 1. The van der Waals surface area contributed by atoms with Crippen LogP contribution in [0, 0.1) is 0 Å². The van der Waals surface area contributed by atoms with Crippen molar-refractivity contribution in [3.8, 4) is 5.75 Å². The number of ether oxygens (including phenoxy) is 1. The van der Waals surface area contributed by atoms with E-state index in [0.717, 1.165) is 48.3 Å². The van der Waals surface area contributed by atoms with E-state index in [1.807, 2.05) is 24.3 Å². The summed E-state index contributed by atoms with van der Waals surface area (Å²) in [5.74, 6) is 0.783. The number of aliphatic hydroxyl groups is 1. The highest BCUT2D eigenvalue weighted by atomic mass is 16.5. The van der Waals surface area contributed by atoms with E-state index in [1.165, 1.54) is 0 Å². The van der Waals surface area contributed by atoms with E-state index in [2.05, 4.69) is 29.0 Å². The largest absolute Gasteiger partial charge is 0.497 e. The Morgan fingerprint density at radius 1 is 1.25 bits per heavy atom. The predicted molar refractivity (Wildman–Crippen MR) is 99.8 cm³/mol. The van der Waals surface area contributed by atoms with Crippen LogP contribution in [-0.4, -0.2) is 54.4 Å². The van der Waals surface area contributed by atoms with Crippen molar-refractivity contribution in [2.75, 3.05) is 38.6 Å². The summed E-state index contributed by atoms with van der Waals surface area (Å²) >= 11 is 0. The van der Waals surface area contributed by atoms with Gasteiger partial charge in [-0.15, -0.1) is 0 Å². The van der Waals surface area contributed by atoms with Gasteiger partial charge in [-0.3, -0.25) is 4.98 Å². The molecule has 2 aromatic rings. The molecule has 2 N–H and O–H groups in total. The molecule has 0 radical (unpaired) electrons. The molecule has 0 saturated heterocycles. The zero-order chi connectivity index (χ0) is 17.4. The molecule has 0 spiro atoms. The molecule has 1 unspecified atom stereocenters. The number of nitrogens with one attached hydrogen (secondary N) is 1. The minimum absolute atomic E-state index is 0.423. The monoisotopic (exact) mass is 331 g/mol. The fourth-order valence-corrected chi connectivity index (χ4v) is 2.93. The van der Waals surface area contributed by atoms with Crippen molar-refractivity contribution in [2.45, 2.75) is 32.8 Å². The van der Waals surface area contributed by atoms with E-state index >= 15 is 0 Å². The lowest BCUT2D eigenvalue weighted by Crippen LogP contribution is -2.37. The van der Waals surface area contributed by atoms with E-state index in [0.29, 0.717) is 13.1 Å². The highest BCUT2D eigenvalue weighted by Crippen LogP contribution is 2.27. The Morgan fingerprint density at radius 3 is 2.67 bits per heavy atom. The molecule has 132 valence electrons. The molecule has 0 bridgehead atoms. The molecular weight excluding hydrogens is 302 g/mol. The van der Waals surface area contributed by atoms with Crippen LogP contribution in [0.4, 0.5) is 5.69 Å². The highest BCUT2D eigenvalue weighted by Gasteiger charge is 2.12. The second kappa shape index (κ2) is 9.45. The lowest BCUT2D eigenvalue weighted by Gasteiger charge is -2.24.